The van der Waals surface area contributed by atoms with E-state index in [2.05, 4.69) is 11.4 Å². The SMILES string of the molecule is N#Cc1cc(Cl)ccc1NCCC(=O)N1CCOCC1. The van der Waals surface area contributed by atoms with Crippen molar-refractivity contribution in [1.82, 2.24) is 4.90 Å². The van der Waals surface area contributed by atoms with Crippen LogP contribution >= 0.6 is 11.6 Å². The number of carbonyl (C=O) groups excluding carboxylic acids is 1. The second kappa shape index (κ2) is 7.13. The molecule has 5 nitrogen and oxygen atoms in total. The molecule has 1 heterocycles. The van der Waals surface area contributed by atoms with Crippen LogP contribution in [0.3, 0.4) is 0 Å². The molecule has 0 saturated carbocycles. The Morgan fingerprint density at radius 3 is 2.90 bits per heavy atom. The molecular weight excluding hydrogens is 278 g/mol. The van der Waals surface area contributed by atoms with Gasteiger partial charge in [0.1, 0.15) is 6.07 Å². The summed E-state index contributed by atoms with van der Waals surface area (Å²) >= 11 is 5.83. The van der Waals surface area contributed by atoms with Gasteiger partial charge >= 0.3 is 0 Å². The Hall–Kier alpha value is -1.77. The Bertz CT molecular complexity index is 522. The average molecular weight is 294 g/mol. The first-order valence-electron chi connectivity index (χ1n) is 6.50. The van der Waals surface area contributed by atoms with Gasteiger partial charge in [0.2, 0.25) is 5.91 Å². The van der Waals surface area contributed by atoms with Crippen molar-refractivity contribution in [3.8, 4) is 6.07 Å². The Kier molecular flexibility index (Phi) is 5.22. The number of rotatable bonds is 4. The Balaban J connectivity index is 1.83. The first-order chi connectivity index (χ1) is 9.70. The quantitative estimate of drug-likeness (QED) is 0.920. The molecule has 0 radical (unpaired) electrons. The first kappa shape index (κ1) is 14.6. The highest BCUT2D eigenvalue weighted by molar-refractivity contribution is 6.30. The molecule has 6 heteroatoms. The van der Waals surface area contributed by atoms with Crippen molar-refractivity contribution in [2.24, 2.45) is 0 Å². The Morgan fingerprint density at radius 1 is 1.45 bits per heavy atom. The van der Waals surface area contributed by atoms with Crippen LogP contribution in [-0.2, 0) is 9.53 Å². The maximum absolute atomic E-state index is 11.9. The largest absolute Gasteiger partial charge is 0.383 e. The summed E-state index contributed by atoms with van der Waals surface area (Å²) in [5.74, 6) is 0.105. The molecule has 0 aliphatic carbocycles. The topological polar surface area (TPSA) is 65.4 Å². The van der Waals surface area contributed by atoms with E-state index in [4.69, 9.17) is 21.6 Å². The molecule has 1 fully saturated rings. The number of morpholine rings is 1. The molecule has 20 heavy (non-hydrogen) atoms. The van der Waals surface area contributed by atoms with Crippen LogP contribution in [0.1, 0.15) is 12.0 Å². The summed E-state index contributed by atoms with van der Waals surface area (Å²) in [6.07, 6.45) is 0.396. The van der Waals surface area contributed by atoms with E-state index in [1.54, 1.807) is 23.1 Å². The van der Waals surface area contributed by atoms with Crippen LogP contribution in [0.4, 0.5) is 5.69 Å². The van der Waals surface area contributed by atoms with Gasteiger partial charge < -0.3 is 15.0 Å². The number of hydrogen-bond donors (Lipinski definition) is 1. The van der Waals surface area contributed by atoms with E-state index < -0.39 is 0 Å². The summed E-state index contributed by atoms with van der Waals surface area (Å²) in [6.45, 7) is 3.02. The van der Waals surface area contributed by atoms with Crippen LogP contribution < -0.4 is 5.32 Å². The van der Waals surface area contributed by atoms with Crippen molar-refractivity contribution in [2.45, 2.75) is 6.42 Å². The molecule has 1 aromatic carbocycles. The summed E-state index contributed by atoms with van der Waals surface area (Å²) in [5, 5.41) is 12.6. The number of nitriles is 1. The molecule has 0 bridgehead atoms. The van der Waals surface area contributed by atoms with Crippen LogP contribution in [0.25, 0.3) is 0 Å². The fourth-order valence-electron chi connectivity index (χ4n) is 2.04. The molecule has 1 aliphatic heterocycles. The zero-order valence-electron chi connectivity index (χ0n) is 11.1. The third-order valence-electron chi connectivity index (χ3n) is 3.12. The third-order valence-corrected chi connectivity index (χ3v) is 3.36. The van der Waals surface area contributed by atoms with Crippen molar-refractivity contribution in [1.29, 1.82) is 5.26 Å². The van der Waals surface area contributed by atoms with Crippen LogP contribution in [-0.4, -0.2) is 43.7 Å². The van der Waals surface area contributed by atoms with Gasteiger partial charge in [0.05, 0.1) is 24.5 Å². The minimum absolute atomic E-state index is 0.105. The van der Waals surface area contributed by atoms with Gasteiger partial charge in [-0.05, 0) is 18.2 Å². The van der Waals surface area contributed by atoms with Crippen molar-refractivity contribution in [2.75, 3.05) is 38.2 Å². The van der Waals surface area contributed by atoms with E-state index in [0.29, 0.717) is 55.5 Å². The van der Waals surface area contributed by atoms with Crippen LogP contribution in [0.2, 0.25) is 5.02 Å². The number of nitrogens with one attached hydrogen (secondary N) is 1. The number of amides is 1. The average Bonchev–Trinajstić information content (AvgIpc) is 2.49. The summed E-state index contributed by atoms with van der Waals surface area (Å²) < 4.78 is 5.21. The molecule has 1 amide bonds. The molecule has 1 aromatic rings. The Labute approximate surface area is 123 Å². The molecule has 0 unspecified atom stereocenters. The van der Waals surface area contributed by atoms with Crippen molar-refractivity contribution < 1.29 is 9.53 Å². The summed E-state index contributed by atoms with van der Waals surface area (Å²) in [4.78, 5) is 13.7. The maximum Gasteiger partial charge on any atom is 0.224 e. The molecular formula is C14H16ClN3O2. The molecule has 2 rings (SSSR count). The highest BCUT2D eigenvalue weighted by Gasteiger charge is 2.16. The van der Waals surface area contributed by atoms with Crippen LogP contribution in [0.15, 0.2) is 18.2 Å². The maximum atomic E-state index is 11.9. The predicted octanol–water partition coefficient (Wildman–Crippen LogP) is 1.87. The number of ether oxygens (including phenoxy) is 1. The fourth-order valence-corrected chi connectivity index (χ4v) is 2.21. The monoisotopic (exact) mass is 293 g/mol. The van der Waals surface area contributed by atoms with Crippen LogP contribution in [0.5, 0.6) is 0 Å². The molecule has 1 saturated heterocycles. The van der Waals surface area contributed by atoms with E-state index in [1.807, 2.05) is 0 Å². The predicted molar refractivity (Wildman–Crippen MR) is 76.7 cm³/mol. The van der Waals surface area contributed by atoms with Gasteiger partial charge in [-0.25, -0.2) is 0 Å². The lowest BCUT2D eigenvalue weighted by Crippen LogP contribution is -2.41. The second-order valence-electron chi connectivity index (χ2n) is 4.47. The summed E-state index contributed by atoms with van der Waals surface area (Å²) in [5.41, 5.74) is 1.18. The highest BCUT2D eigenvalue weighted by atomic mass is 35.5. The first-order valence-corrected chi connectivity index (χ1v) is 6.87. The van der Waals surface area contributed by atoms with Gasteiger partial charge in [-0.15, -0.1) is 0 Å². The number of nitrogens with zero attached hydrogens (tertiary/aromatic N) is 2. The number of hydrogen-bond acceptors (Lipinski definition) is 4. The number of carbonyl (C=O) groups is 1. The lowest BCUT2D eigenvalue weighted by atomic mass is 10.2. The summed E-state index contributed by atoms with van der Waals surface area (Å²) in [6, 6.07) is 7.15. The zero-order valence-corrected chi connectivity index (χ0v) is 11.8. The van der Waals surface area contributed by atoms with E-state index >= 15 is 0 Å². The van der Waals surface area contributed by atoms with Crippen molar-refractivity contribution >= 4 is 23.2 Å². The molecule has 0 spiro atoms. The van der Waals surface area contributed by atoms with Gasteiger partial charge in [0.25, 0.3) is 0 Å². The zero-order chi connectivity index (χ0) is 14.4. The summed E-state index contributed by atoms with van der Waals surface area (Å²) in [7, 11) is 0. The van der Waals surface area contributed by atoms with Gasteiger partial charge in [-0.1, -0.05) is 11.6 Å². The van der Waals surface area contributed by atoms with Gasteiger partial charge in [-0.2, -0.15) is 5.26 Å². The second-order valence-corrected chi connectivity index (χ2v) is 4.91. The molecule has 106 valence electrons. The smallest absolute Gasteiger partial charge is 0.224 e. The van der Waals surface area contributed by atoms with E-state index in [-0.39, 0.29) is 5.91 Å². The van der Waals surface area contributed by atoms with Crippen molar-refractivity contribution in [3.05, 3.63) is 28.8 Å². The standard InChI is InChI=1S/C14H16ClN3O2/c15-12-1-2-13(11(9-12)10-16)17-4-3-14(19)18-5-7-20-8-6-18/h1-2,9,17H,3-8H2. The molecule has 1 aliphatic rings. The van der Waals surface area contributed by atoms with E-state index in [9.17, 15) is 4.79 Å². The normalized spacial score (nSPS) is 14.7. The van der Waals surface area contributed by atoms with Gasteiger partial charge in [0.15, 0.2) is 0 Å². The highest BCUT2D eigenvalue weighted by Crippen LogP contribution is 2.19. The third kappa shape index (κ3) is 3.86. The van der Waals surface area contributed by atoms with Gasteiger partial charge in [0, 0.05) is 31.1 Å². The molecule has 0 atom stereocenters. The molecule has 0 aromatic heterocycles. The van der Waals surface area contributed by atoms with Gasteiger partial charge in [-0.3, -0.25) is 4.79 Å². The minimum atomic E-state index is 0.105. The molecule has 1 N–H and O–H groups in total. The fraction of sp³-hybridized carbons (Fsp3) is 0.429. The van der Waals surface area contributed by atoms with Crippen molar-refractivity contribution in [3.63, 3.8) is 0 Å². The Morgan fingerprint density at radius 2 is 2.20 bits per heavy atom. The van der Waals surface area contributed by atoms with Crippen LogP contribution in [0, 0.1) is 11.3 Å². The lowest BCUT2D eigenvalue weighted by molar-refractivity contribution is -0.134. The number of benzene rings is 1. The minimum Gasteiger partial charge on any atom is -0.383 e. The van der Waals surface area contributed by atoms with E-state index in [0.717, 1.165) is 0 Å². The number of halogens is 1. The number of anilines is 1. The van der Waals surface area contributed by atoms with E-state index in [1.165, 1.54) is 0 Å². The lowest BCUT2D eigenvalue weighted by Gasteiger charge is -2.26.